The van der Waals surface area contributed by atoms with Gasteiger partial charge in [0.25, 0.3) is 5.91 Å². The highest BCUT2D eigenvalue weighted by molar-refractivity contribution is 6.07. The normalized spacial score (nSPS) is 14.2. The number of benzene rings is 1. The lowest BCUT2D eigenvalue weighted by Gasteiger charge is -2.29. The van der Waals surface area contributed by atoms with Gasteiger partial charge in [-0.25, -0.2) is 4.79 Å². The summed E-state index contributed by atoms with van der Waals surface area (Å²) >= 11 is 0. The van der Waals surface area contributed by atoms with Crippen molar-refractivity contribution in [2.45, 2.75) is 6.92 Å². The van der Waals surface area contributed by atoms with Gasteiger partial charge in [0.15, 0.2) is 5.76 Å². The zero-order chi connectivity index (χ0) is 17.8. The van der Waals surface area contributed by atoms with Crippen LogP contribution in [-0.4, -0.2) is 45.3 Å². The third-order valence-electron chi connectivity index (χ3n) is 4.00. The monoisotopic (exact) mass is 344 g/mol. The van der Waals surface area contributed by atoms with Crippen molar-refractivity contribution >= 4 is 23.3 Å². The van der Waals surface area contributed by atoms with Gasteiger partial charge >= 0.3 is 5.97 Å². The molecule has 0 radical (unpaired) electrons. The van der Waals surface area contributed by atoms with Crippen LogP contribution in [-0.2, 0) is 9.47 Å². The fourth-order valence-corrected chi connectivity index (χ4v) is 2.68. The quantitative estimate of drug-likeness (QED) is 0.858. The Morgan fingerprint density at radius 2 is 1.92 bits per heavy atom. The van der Waals surface area contributed by atoms with E-state index in [1.807, 2.05) is 6.07 Å². The fraction of sp³-hybridized carbons (Fsp3) is 0.333. The van der Waals surface area contributed by atoms with Crippen LogP contribution in [0.2, 0.25) is 0 Å². The number of esters is 1. The number of methoxy groups -OCH3 is 1. The van der Waals surface area contributed by atoms with Crippen molar-refractivity contribution in [3.8, 4) is 0 Å². The molecule has 1 aromatic heterocycles. The number of nitrogens with one attached hydrogen (secondary N) is 1. The van der Waals surface area contributed by atoms with Crippen LogP contribution in [0.3, 0.4) is 0 Å². The molecule has 2 heterocycles. The van der Waals surface area contributed by atoms with E-state index in [9.17, 15) is 9.59 Å². The Hall–Kier alpha value is -2.80. The molecule has 7 heteroatoms. The van der Waals surface area contributed by atoms with Gasteiger partial charge in [0.05, 0.1) is 31.6 Å². The van der Waals surface area contributed by atoms with Crippen molar-refractivity contribution in [1.82, 2.24) is 0 Å². The maximum atomic E-state index is 12.3. The average molecular weight is 344 g/mol. The average Bonchev–Trinajstić information content (AvgIpc) is 3.08. The molecule has 132 valence electrons. The lowest BCUT2D eigenvalue weighted by Crippen LogP contribution is -2.36. The van der Waals surface area contributed by atoms with E-state index in [4.69, 9.17) is 13.9 Å². The molecule has 25 heavy (non-hydrogen) atoms. The molecule has 0 spiro atoms. The highest BCUT2D eigenvalue weighted by atomic mass is 16.5. The van der Waals surface area contributed by atoms with Gasteiger partial charge in [-0.05, 0) is 37.3 Å². The predicted octanol–water partition coefficient (Wildman–Crippen LogP) is 2.46. The van der Waals surface area contributed by atoms with Crippen LogP contribution < -0.4 is 10.2 Å². The first kappa shape index (κ1) is 17.0. The summed E-state index contributed by atoms with van der Waals surface area (Å²) in [5, 5.41) is 2.71. The van der Waals surface area contributed by atoms with Gasteiger partial charge < -0.3 is 24.1 Å². The molecule has 1 amide bonds. The number of ether oxygens (including phenoxy) is 2. The minimum atomic E-state index is -0.513. The van der Waals surface area contributed by atoms with Gasteiger partial charge in [-0.2, -0.15) is 0 Å². The Bertz CT molecular complexity index is 778. The predicted molar refractivity (Wildman–Crippen MR) is 92.2 cm³/mol. The molecule has 0 unspecified atom stereocenters. The molecule has 0 aliphatic carbocycles. The van der Waals surface area contributed by atoms with E-state index in [-0.39, 0.29) is 5.76 Å². The molecule has 0 saturated carbocycles. The number of hydrogen-bond donors (Lipinski definition) is 1. The van der Waals surface area contributed by atoms with Crippen molar-refractivity contribution < 1.29 is 23.5 Å². The zero-order valence-electron chi connectivity index (χ0n) is 14.2. The summed E-state index contributed by atoms with van der Waals surface area (Å²) in [5.41, 5.74) is 1.56. The Morgan fingerprint density at radius 1 is 1.16 bits per heavy atom. The number of rotatable bonds is 4. The lowest BCUT2D eigenvalue weighted by molar-refractivity contribution is 0.0602. The molecule has 3 rings (SSSR count). The number of aryl methyl sites for hydroxylation is 1. The van der Waals surface area contributed by atoms with Crippen molar-refractivity contribution in [3.63, 3.8) is 0 Å². The number of carbonyl (C=O) groups excluding carboxylic acids is 2. The number of morpholine rings is 1. The number of hydrogen-bond acceptors (Lipinski definition) is 6. The Balaban J connectivity index is 1.87. The highest BCUT2D eigenvalue weighted by Crippen LogP contribution is 2.25. The molecule has 0 bridgehead atoms. The number of anilines is 2. The molecule has 1 aromatic carbocycles. The van der Waals surface area contributed by atoms with Crippen molar-refractivity contribution in [3.05, 3.63) is 47.4 Å². The zero-order valence-corrected chi connectivity index (χ0v) is 14.2. The number of furan rings is 1. The van der Waals surface area contributed by atoms with Gasteiger partial charge in [0, 0.05) is 18.8 Å². The molecule has 1 fully saturated rings. The molecule has 2 aromatic rings. The van der Waals surface area contributed by atoms with E-state index in [1.54, 1.807) is 31.2 Å². The van der Waals surface area contributed by atoms with Gasteiger partial charge in [0.2, 0.25) is 0 Å². The first-order valence-corrected chi connectivity index (χ1v) is 8.01. The van der Waals surface area contributed by atoms with Crippen LogP contribution in [0.4, 0.5) is 11.4 Å². The van der Waals surface area contributed by atoms with Crippen molar-refractivity contribution in [2.75, 3.05) is 43.6 Å². The summed E-state index contributed by atoms with van der Waals surface area (Å²) in [6.07, 6.45) is 0. The molecule has 1 aliphatic heterocycles. The van der Waals surface area contributed by atoms with Gasteiger partial charge in [-0.1, -0.05) is 0 Å². The SMILES string of the molecule is COC(=O)c1cc(N2CCOCC2)ccc1NC(=O)c1ccc(C)o1. The smallest absolute Gasteiger partial charge is 0.340 e. The second-order valence-electron chi connectivity index (χ2n) is 5.69. The lowest BCUT2D eigenvalue weighted by atomic mass is 10.1. The number of carbonyl (C=O) groups is 2. The fourth-order valence-electron chi connectivity index (χ4n) is 2.68. The number of amides is 1. The van der Waals surface area contributed by atoms with Crippen molar-refractivity contribution in [1.29, 1.82) is 0 Å². The van der Waals surface area contributed by atoms with Gasteiger partial charge in [-0.3, -0.25) is 4.79 Å². The van der Waals surface area contributed by atoms with Crippen LogP contribution in [0, 0.1) is 6.92 Å². The Labute approximate surface area is 145 Å². The summed E-state index contributed by atoms with van der Waals surface area (Å²) in [4.78, 5) is 26.6. The van der Waals surface area contributed by atoms with Crippen LogP contribution in [0.15, 0.2) is 34.7 Å². The van der Waals surface area contributed by atoms with E-state index < -0.39 is 11.9 Å². The second kappa shape index (κ2) is 7.40. The highest BCUT2D eigenvalue weighted by Gasteiger charge is 2.19. The van der Waals surface area contributed by atoms with E-state index in [2.05, 4.69) is 10.2 Å². The van der Waals surface area contributed by atoms with E-state index in [1.165, 1.54) is 7.11 Å². The standard InChI is InChI=1S/C18H20N2O5/c1-12-3-6-16(25-12)17(21)19-15-5-4-13(11-14(15)18(22)23-2)20-7-9-24-10-8-20/h3-6,11H,7-10H2,1-2H3,(H,19,21). The molecule has 1 aliphatic rings. The van der Waals surface area contributed by atoms with Crippen LogP contribution in [0.25, 0.3) is 0 Å². The third kappa shape index (κ3) is 3.83. The van der Waals surface area contributed by atoms with Crippen LogP contribution in [0.5, 0.6) is 0 Å². The second-order valence-corrected chi connectivity index (χ2v) is 5.69. The third-order valence-corrected chi connectivity index (χ3v) is 4.00. The maximum absolute atomic E-state index is 12.3. The summed E-state index contributed by atoms with van der Waals surface area (Å²) in [6.45, 7) is 4.54. The molecule has 1 N–H and O–H groups in total. The molecule has 7 nitrogen and oxygen atoms in total. The minimum Gasteiger partial charge on any atom is -0.465 e. The largest absolute Gasteiger partial charge is 0.465 e. The van der Waals surface area contributed by atoms with Gasteiger partial charge in [0.1, 0.15) is 5.76 Å². The van der Waals surface area contributed by atoms with Crippen LogP contribution in [0.1, 0.15) is 26.7 Å². The van der Waals surface area contributed by atoms with Gasteiger partial charge in [-0.15, -0.1) is 0 Å². The summed E-state index contributed by atoms with van der Waals surface area (Å²) in [6, 6.07) is 8.58. The first-order valence-electron chi connectivity index (χ1n) is 8.01. The minimum absolute atomic E-state index is 0.186. The van der Waals surface area contributed by atoms with E-state index in [0.717, 1.165) is 18.8 Å². The van der Waals surface area contributed by atoms with Crippen LogP contribution >= 0.6 is 0 Å². The topological polar surface area (TPSA) is 81.0 Å². The molecular weight excluding hydrogens is 324 g/mol. The summed E-state index contributed by atoms with van der Waals surface area (Å²) < 4.78 is 15.5. The summed E-state index contributed by atoms with van der Waals surface area (Å²) in [7, 11) is 1.31. The molecular formula is C18H20N2O5. The summed E-state index contributed by atoms with van der Waals surface area (Å²) in [5.74, 6) is -0.106. The molecule has 1 saturated heterocycles. The number of nitrogens with zero attached hydrogens (tertiary/aromatic N) is 1. The Morgan fingerprint density at radius 3 is 2.56 bits per heavy atom. The van der Waals surface area contributed by atoms with E-state index in [0.29, 0.717) is 30.2 Å². The van der Waals surface area contributed by atoms with E-state index >= 15 is 0 Å². The Kier molecular flexibility index (Phi) is 5.04. The first-order chi connectivity index (χ1) is 12.1. The maximum Gasteiger partial charge on any atom is 0.340 e. The van der Waals surface area contributed by atoms with Crippen molar-refractivity contribution in [2.24, 2.45) is 0 Å². The molecule has 0 atom stereocenters.